The molecule has 0 aliphatic heterocycles. The van der Waals surface area contributed by atoms with Crippen LogP contribution in [0.2, 0.25) is 0 Å². The van der Waals surface area contributed by atoms with Crippen LogP contribution >= 0.6 is 20.5 Å². The van der Waals surface area contributed by atoms with Crippen molar-refractivity contribution in [2.24, 2.45) is 0 Å². The van der Waals surface area contributed by atoms with Crippen LogP contribution in [0.4, 0.5) is 0 Å². The Morgan fingerprint density at radius 2 is 2.25 bits per heavy atom. The average molecular weight is 214 g/mol. The molecule has 0 saturated heterocycles. The Labute approximate surface area is 41.0 Å². The van der Waals surface area contributed by atoms with Gasteiger partial charge in [-0.25, -0.2) is 0 Å². The zero-order valence-electron chi connectivity index (χ0n) is 1.60. The summed E-state index contributed by atoms with van der Waals surface area (Å²) < 4.78 is 0. The molecule has 0 radical (unpaired) electrons. The zero-order valence-corrected chi connectivity index (χ0v) is 4.75. The fourth-order valence-electron chi connectivity index (χ4n) is 0. The van der Waals surface area contributed by atoms with Crippen LogP contribution in [0.1, 0.15) is 0 Å². The normalized spacial score (nSPS) is 6.25. The van der Waals surface area contributed by atoms with Crippen molar-refractivity contribution < 1.29 is 15.6 Å². The molecule has 0 aliphatic carbocycles. The van der Waals surface area contributed by atoms with Gasteiger partial charge in [-0.2, -0.15) is 0 Å². The van der Waals surface area contributed by atoms with Gasteiger partial charge < -0.3 is 0 Å². The van der Waals surface area contributed by atoms with Crippen molar-refractivity contribution in [2.75, 3.05) is 0 Å². The molecule has 27 valence electrons. The van der Waals surface area contributed by atoms with Crippen molar-refractivity contribution in [3.8, 4) is 0 Å². The SMILES string of the molecule is O=[C]=[Ni][I]. The number of hydrogen-bond donors (Lipinski definition) is 0. The summed E-state index contributed by atoms with van der Waals surface area (Å²) in [5, 5.41) is 0. The van der Waals surface area contributed by atoms with Crippen LogP contribution < -0.4 is 0 Å². The summed E-state index contributed by atoms with van der Waals surface area (Å²) >= 11 is 1.87. The van der Waals surface area contributed by atoms with Crippen molar-refractivity contribution in [1.29, 1.82) is 0 Å². The second kappa shape index (κ2) is 3.80. The van der Waals surface area contributed by atoms with Crippen molar-refractivity contribution in [1.82, 2.24) is 0 Å². The van der Waals surface area contributed by atoms with Gasteiger partial charge in [0.05, 0.1) is 0 Å². The average Bonchev–Trinajstić information content (AvgIpc) is 1.37. The van der Waals surface area contributed by atoms with Crippen LogP contribution in [-0.2, 0) is 15.6 Å². The molecule has 0 spiro atoms. The Morgan fingerprint density at radius 1 is 2.00 bits per heavy atom. The van der Waals surface area contributed by atoms with Gasteiger partial charge in [0, 0.05) is 0 Å². The Balaban J connectivity index is 3.11. The summed E-state index contributed by atoms with van der Waals surface area (Å²) in [6.45, 7) is 0. The molecule has 0 amide bonds. The number of halogens is 1. The standard InChI is InChI=1S/CO.HI.Ni/c1-2;;/h;1H;/q;;+1/p-1. The van der Waals surface area contributed by atoms with E-state index < -0.39 is 0 Å². The van der Waals surface area contributed by atoms with Crippen LogP contribution in [0.25, 0.3) is 0 Å². The van der Waals surface area contributed by atoms with Crippen molar-refractivity contribution in [3.63, 3.8) is 0 Å². The fraction of sp³-hybridized carbons (Fsp3) is 0. The second-order valence-corrected chi connectivity index (χ2v) is 1.92. The van der Waals surface area contributed by atoms with E-state index in [-0.39, 0.29) is 0 Å². The first-order valence-corrected chi connectivity index (χ1v) is 4.16. The van der Waals surface area contributed by atoms with Gasteiger partial charge in [-0.05, 0) is 0 Å². The Bertz CT molecular complexity index is 46.0. The Morgan fingerprint density at radius 3 is 2.25 bits per heavy atom. The number of hydrogen-bond acceptors (Lipinski definition) is 1. The first-order chi connectivity index (χ1) is 1.91. The van der Waals surface area contributed by atoms with E-state index in [9.17, 15) is 0 Å². The van der Waals surface area contributed by atoms with Crippen LogP contribution in [0.3, 0.4) is 0 Å². The summed E-state index contributed by atoms with van der Waals surface area (Å²) in [6.07, 6.45) is 0. The molecule has 0 N–H and O–H groups in total. The molecule has 0 aromatic heterocycles. The van der Waals surface area contributed by atoms with E-state index in [1.807, 2.05) is 20.5 Å². The van der Waals surface area contributed by atoms with E-state index in [0.29, 0.717) is 0 Å². The molecule has 0 heterocycles. The maximum absolute atomic E-state index is 9.01. The maximum atomic E-state index is 9.01. The molecular formula is CINiO. The molecule has 0 aliphatic rings. The molecule has 0 unspecified atom stereocenters. The van der Waals surface area contributed by atoms with E-state index in [1.54, 1.807) is 4.86 Å². The third kappa shape index (κ3) is 2.80. The summed E-state index contributed by atoms with van der Waals surface area (Å²) in [5.41, 5.74) is 0. The third-order valence-corrected chi connectivity index (χ3v) is 0.675. The Hall–Kier alpha value is 0.804. The van der Waals surface area contributed by atoms with E-state index in [4.69, 9.17) is 4.79 Å². The number of rotatable bonds is 0. The molecule has 1 nitrogen and oxygen atoms in total. The molecule has 0 saturated carbocycles. The van der Waals surface area contributed by atoms with Gasteiger partial charge in [-0.3, -0.25) is 0 Å². The van der Waals surface area contributed by atoms with Gasteiger partial charge in [0.1, 0.15) is 0 Å². The first-order valence-electron chi connectivity index (χ1n) is 0.482. The van der Waals surface area contributed by atoms with Crippen LogP contribution in [-0.4, -0.2) is 4.86 Å². The molecule has 0 aromatic carbocycles. The van der Waals surface area contributed by atoms with Gasteiger partial charge in [-0.15, -0.1) is 0 Å². The molecule has 0 atom stereocenters. The topological polar surface area (TPSA) is 17.1 Å². The molecule has 0 rings (SSSR count). The van der Waals surface area contributed by atoms with E-state index in [0.717, 1.165) is 10.8 Å². The predicted octanol–water partition coefficient (Wildman–Crippen LogP) is 0.486. The predicted molar refractivity (Wildman–Crippen MR) is 19.7 cm³/mol. The molecule has 3 heteroatoms. The second-order valence-electron chi connectivity index (χ2n) is 0.124. The van der Waals surface area contributed by atoms with E-state index >= 15 is 0 Å². The summed E-state index contributed by atoms with van der Waals surface area (Å²) in [4.78, 5) is 10.6. The zero-order chi connectivity index (χ0) is 3.41. The van der Waals surface area contributed by atoms with Crippen LogP contribution in [0, 0.1) is 0 Å². The monoisotopic (exact) mass is 213 g/mol. The molecule has 0 bridgehead atoms. The molecule has 0 aromatic rings. The summed E-state index contributed by atoms with van der Waals surface area (Å²) in [7, 11) is 0.887. The van der Waals surface area contributed by atoms with Gasteiger partial charge in [0.2, 0.25) is 0 Å². The van der Waals surface area contributed by atoms with Crippen molar-refractivity contribution in [2.45, 2.75) is 0 Å². The minimum absolute atomic E-state index is 0.887. The van der Waals surface area contributed by atoms with Crippen LogP contribution in [0.15, 0.2) is 0 Å². The Kier molecular flexibility index (Phi) is 4.57. The number of carbonyl (C=O) groups excluding carboxylic acids is 1. The summed E-state index contributed by atoms with van der Waals surface area (Å²) in [6, 6.07) is 0. The van der Waals surface area contributed by atoms with Gasteiger partial charge in [0.15, 0.2) is 0 Å². The molecule has 0 fully saturated rings. The van der Waals surface area contributed by atoms with Crippen molar-refractivity contribution >= 4 is 25.3 Å². The van der Waals surface area contributed by atoms with E-state index in [2.05, 4.69) is 0 Å². The fourth-order valence-corrected chi connectivity index (χ4v) is 0. The third-order valence-electron chi connectivity index (χ3n) is 0.0244. The quantitative estimate of drug-likeness (QED) is 0.423. The van der Waals surface area contributed by atoms with Crippen LogP contribution in [0.5, 0.6) is 0 Å². The summed E-state index contributed by atoms with van der Waals surface area (Å²) in [5.74, 6) is 0. The van der Waals surface area contributed by atoms with Crippen molar-refractivity contribution in [3.05, 3.63) is 0 Å². The molecule has 4 heavy (non-hydrogen) atoms. The first kappa shape index (κ1) is 4.80. The minimum atomic E-state index is 0.887. The van der Waals surface area contributed by atoms with Gasteiger partial charge >= 0.3 is 41.0 Å². The molecular weight excluding hydrogens is 214 g/mol. The van der Waals surface area contributed by atoms with Gasteiger partial charge in [-0.1, -0.05) is 0 Å². The van der Waals surface area contributed by atoms with E-state index in [1.165, 1.54) is 0 Å². The van der Waals surface area contributed by atoms with Gasteiger partial charge in [0.25, 0.3) is 0 Å².